The summed E-state index contributed by atoms with van der Waals surface area (Å²) in [7, 11) is 0. The highest BCUT2D eigenvalue weighted by Crippen LogP contribution is 2.26. The van der Waals surface area contributed by atoms with Gasteiger partial charge in [0.05, 0.1) is 0 Å². The van der Waals surface area contributed by atoms with Crippen LogP contribution < -0.4 is 5.32 Å². The molecule has 1 aromatic heterocycles. The zero-order valence-corrected chi connectivity index (χ0v) is 10.2. The van der Waals surface area contributed by atoms with Gasteiger partial charge in [0, 0.05) is 6.54 Å². The van der Waals surface area contributed by atoms with Crippen LogP contribution in [-0.2, 0) is 0 Å². The van der Waals surface area contributed by atoms with Crippen LogP contribution in [-0.4, -0.2) is 17.4 Å². The third-order valence-corrected chi connectivity index (χ3v) is 3.45. The Hall–Kier alpha value is 0.0600. The molecule has 0 aliphatic heterocycles. The molecule has 0 bridgehead atoms. The lowest BCUT2D eigenvalue weighted by atomic mass is 10.5. The van der Waals surface area contributed by atoms with Crippen LogP contribution in [0.5, 0.6) is 0 Å². The second-order valence-corrected chi connectivity index (χ2v) is 4.97. The van der Waals surface area contributed by atoms with E-state index in [2.05, 4.69) is 42.2 Å². The van der Waals surface area contributed by atoms with Gasteiger partial charge in [-0.1, -0.05) is 0 Å². The number of nitrogens with zero attached hydrogens (tertiary/aromatic N) is 1. The number of carbonyl (C=O) groups is 1. The molecule has 1 heterocycles. The Labute approximate surface area is 90.8 Å². The van der Waals surface area contributed by atoms with Crippen molar-refractivity contribution in [3.05, 3.63) is 13.4 Å². The highest BCUT2D eigenvalue weighted by molar-refractivity contribution is 9.11. The van der Waals surface area contributed by atoms with Gasteiger partial charge in [-0.05, 0) is 38.8 Å². The molecule has 1 aromatic rings. The van der Waals surface area contributed by atoms with Gasteiger partial charge in [0.25, 0.3) is 5.91 Å². The molecule has 0 aliphatic rings. The first-order valence-corrected chi connectivity index (χ1v) is 5.65. The first-order chi connectivity index (χ1) is 5.65. The minimum atomic E-state index is -0.0902. The number of amides is 1. The van der Waals surface area contributed by atoms with Gasteiger partial charge in [-0.3, -0.25) is 4.79 Å². The van der Waals surface area contributed by atoms with Gasteiger partial charge in [-0.25, -0.2) is 4.98 Å². The number of thiazole rings is 1. The predicted molar refractivity (Wildman–Crippen MR) is 55.5 cm³/mol. The van der Waals surface area contributed by atoms with E-state index in [1.165, 1.54) is 11.3 Å². The van der Waals surface area contributed by atoms with Gasteiger partial charge in [0.2, 0.25) is 0 Å². The van der Waals surface area contributed by atoms with Crippen molar-refractivity contribution < 1.29 is 4.79 Å². The second kappa shape index (κ2) is 4.34. The minimum absolute atomic E-state index is 0.0902. The smallest absolute Gasteiger partial charge is 0.264 e. The average Bonchev–Trinajstić information content (AvgIpc) is 2.30. The monoisotopic (exact) mass is 312 g/mol. The van der Waals surface area contributed by atoms with Crippen molar-refractivity contribution >= 4 is 49.1 Å². The molecule has 0 spiro atoms. The van der Waals surface area contributed by atoms with Crippen molar-refractivity contribution in [3.63, 3.8) is 0 Å². The van der Waals surface area contributed by atoms with Crippen LogP contribution in [0.4, 0.5) is 0 Å². The molecule has 0 atom stereocenters. The van der Waals surface area contributed by atoms with Crippen LogP contribution in [0.3, 0.4) is 0 Å². The summed E-state index contributed by atoms with van der Waals surface area (Å²) in [6.07, 6.45) is 0. The maximum Gasteiger partial charge on any atom is 0.264 e. The fourth-order valence-corrected chi connectivity index (χ4v) is 2.88. The largest absolute Gasteiger partial charge is 0.352 e. The van der Waals surface area contributed by atoms with Gasteiger partial charge in [-0.2, -0.15) is 0 Å². The molecule has 1 amide bonds. The molecule has 0 radical (unpaired) electrons. The summed E-state index contributed by atoms with van der Waals surface area (Å²) < 4.78 is 1.29. The Kier molecular flexibility index (Phi) is 3.67. The molecule has 1 rings (SSSR count). The normalized spacial score (nSPS) is 9.92. The topological polar surface area (TPSA) is 42.0 Å². The summed E-state index contributed by atoms with van der Waals surface area (Å²) in [4.78, 5) is 15.9. The molecule has 1 N–H and O–H groups in total. The molecule has 0 aliphatic carbocycles. The first kappa shape index (κ1) is 10.1. The standard InChI is InChI=1S/C6H6Br2N2OS/c1-2-9-5(11)3-4(7)10-6(8)12-3/h2H2,1H3,(H,9,11). The maximum atomic E-state index is 11.3. The van der Waals surface area contributed by atoms with Crippen molar-refractivity contribution in [2.45, 2.75) is 6.92 Å². The summed E-state index contributed by atoms with van der Waals surface area (Å²) in [6, 6.07) is 0. The van der Waals surface area contributed by atoms with E-state index in [1.807, 2.05) is 6.92 Å². The van der Waals surface area contributed by atoms with Crippen molar-refractivity contribution in [1.82, 2.24) is 10.3 Å². The van der Waals surface area contributed by atoms with Crippen LogP contribution in [0.1, 0.15) is 16.6 Å². The Balaban J connectivity index is 2.87. The molecule has 0 saturated carbocycles. The average molecular weight is 314 g/mol. The van der Waals surface area contributed by atoms with Crippen LogP contribution in [0, 0.1) is 0 Å². The number of hydrogen-bond donors (Lipinski definition) is 1. The first-order valence-electron chi connectivity index (χ1n) is 3.25. The quantitative estimate of drug-likeness (QED) is 0.911. The molecule has 66 valence electrons. The fraction of sp³-hybridized carbons (Fsp3) is 0.333. The number of rotatable bonds is 2. The van der Waals surface area contributed by atoms with E-state index < -0.39 is 0 Å². The summed E-state index contributed by atoms with van der Waals surface area (Å²) in [6.45, 7) is 2.50. The van der Waals surface area contributed by atoms with Crippen molar-refractivity contribution in [2.75, 3.05) is 6.54 Å². The van der Waals surface area contributed by atoms with E-state index in [1.54, 1.807) is 0 Å². The number of hydrogen-bond acceptors (Lipinski definition) is 3. The van der Waals surface area contributed by atoms with Gasteiger partial charge < -0.3 is 5.32 Å². The van der Waals surface area contributed by atoms with Gasteiger partial charge in [0.1, 0.15) is 9.48 Å². The highest BCUT2D eigenvalue weighted by Gasteiger charge is 2.13. The Bertz CT molecular complexity index is 300. The minimum Gasteiger partial charge on any atom is -0.352 e. The highest BCUT2D eigenvalue weighted by atomic mass is 79.9. The Morgan fingerprint density at radius 2 is 2.33 bits per heavy atom. The SMILES string of the molecule is CCNC(=O)c1sc(Br)nc1Br. The molecular formula is C6H6Br2N2OS. The zero-order valence-electron chi connectivity index (χ0n) is 6.23. The summed E-state index contributed by atoms with van der Waals surface area (Å²) >= 11 is 7.70. The van der Waals surface area contributed by atoms with E-state index >= 15 is 0 Å². The van der Waals surface area contributed by atoms with Crippen molar-refractivity contribution in [3.8, 4) is 0 Å². The van der Waals surface area contributed by atoms with Crippen LogP contribution in [0.15, 0.2) is 8.52 Å². The number of halogens is 2. The fourth-order valence-electron chi connectivity index (χ4n) is 0.658. The summed E-state index contributed by atoms with van der Waals surface area (Å²) in [5.74, 6) is -0.0902. The lowest BCUT2D eigenvalue weighted by molar-refractivity contribution is 0.0959. The van der Waals surface area contributed by atoms with Crippen LogP contribution in [0.25, 0.3) is 0 Å². The van der Waals surface area contributed by atoms with E-state index in [-0.39, 0.29) is 5.91 Å². The molecule has 0 fully saturated rings. The predicted octanol–water partition coefficient (Wildman–Crippen LogP) is 2.42. The van der Waals surface area contributed by atoms with Crippen LogP contribution in [0.2, 0.25) is 0 Å². The number of carbonyl (C=O) groups excluding carboxylic acids is 1. The van der Waals surface area contributed by atoms with E-state index in [4.69, 9.17) is 0 Å². The van der Waals surface area contributed by atoms with E-state index in [9.17, 15) is 4.79 Å². The maximum absolute atomic E-state index is 11.3. The van der Waals surface area contributed by atoms with Crippen LogP contribution >= 0.6 is 43.2 Å². The van der Waals surface area contributed by atoms with Crippen molar-refractivity contribution in [2.24, 2.45) is 0 Å². The van der Waals surface area contributed by atoms with Gasteiger partial charge in [-0.15, -0.1) is 11.3 Å². The Morgan fingerprint density at radius 1 is 1.67 bits per heavy atom. The molecular weight excluding hydrogens is 308 g/mol. The Morgan fingerprint density at radius 3 is 2.75 bits per heavy atom. The van der Waals surface area contributed by atoms with Crippen molar-refractivity contribution in [1.29, 1.82) is 0 Å². The lowest BCUT2D eigenvalue weighted by Gasteiger charge is -1.96. The lowest BCUT2D eigenvalue weighted by Crippen LogP contribution is -2.21. The molecule has 12 heavy (non-hydrogen) atoms. The van der Waals surface area contributed by atoms with E-state index in [0.29, 0.717) is 19.9 Å². The third kappa shape index (κ3) is 2.27. The number of aromatic nitrogens is 1. The number of nitrogens with one attached hydrogen (secondary N) is 1. The van der Waals surface area contributed by atoms with Gasteiger partial charge >= 0.3 is 0 Å². The zero-order chi connectivity index (χ0) is 9.14. The molecule has 6 heteroatoms. The molecule has 0 saturated heterocycles. The molecule has 3 nitrogen and oxygen atoms in total. The third-order valence-electron chi connectivity index (χ3n) is 1.10. The molecule has 0 unspecified atom stereocenters. The van der Waals surface area contributed by atoms with E-state index in [0.717, 1.165) is 0 Å². The summed E-state index contributed by atoms with van der Waals surface area (Å²) in [5, 5.41) is 2.70. The summed E-state index contributed by atoms with van der Waals surface area (Å²) in [5.41, 5.74) is 0. The second-order valence-electron chi connectivity index (χ2n) is 1.95. The van der Waals surface area contributed by atoms with Gasteiger partial charge in [0.15, 0.2) is 3.92 Å². The molecule has 0 aromatic carbocycles.